The van der Waals surface area contributed by atoms with Crippen LogP contribution in [0.25, 0.3) is 0 Å². The fourth-order valence-electron chi connectivity index (χ4n) is 2.11. The standard InChI is InChI=1S/C11H19NO3/c1-3-6-9-7-4-5-8-12(9)10(13)11(14)15-2/h9H,3-8H2,1-2H3. The molecule has 0 radical (unpaired) electrons. The van der Waals surface area contributed by atoms with E-state index < -0.39 is 11.9 Å². The Morgan fingerprint density at radius 1 is 1.40 bits per heavy atom. The van der Waals surface area contributed by atoms with Gasteiger partial charge in [-0.05, 0) is 25.7 Å². The Morgan fingerprint density at radius 3 is 2.73 bits per heavy atom. The highest BCUT2D eigenvalue weighted by Crippen LogP contribution is 2.20. The number of esters is 1. The van der Waals surface area contributed by atoms with Crippen molar-refractivity contribution in [1.29, 1.82) is 0 Å². The van der Waals surface area contributed by atoms with Crippen molar-refractivity contribution in [1.82, 2.24) is 4.90 Å². The van der Waals surface area contributed by atoms with Gasteiger partial charge in [0, 0.05) is 12.6 Å². The number of hydrogen-bond donors (Lipinski definition) is 0. The average Bonchev–Trinajstić information content (AvgIpc) is 2.28. The molecule has 1 atom stereocenters. The number of amides is 1. The maximum absolute atomic E-state index is 11.7. The maximum atomic E-state index is 11.7. The van der Waals surface area contributed by atoms with E-state index >= 15 is 0 Å². The molecule has 0 saturated carbocycles. The molecule has 0 aromatic carbocycles. The van der Waals surface area contributed by atoms with Crippen LogP contribution in [0.3, 0.4) is 0 Å². The normalized spacial score (nSPS) is 21.2. The van der Waals surface area contributed by atoms with Gasteiger partial charge in [0.15, 0.2) is 0 Å². The van der Waals surface area contributed by atoms with Crippen molar-refractivity contribution < 1.29 is 14.3 Å². The lowest BCUT2D eigenvalue weighted by atomic mass is 9.98. The number of ether oxygens (including phenoxy) is 1. The molecule has 1 rings (SSSR count). The number of likely N-dealkylation sites (tertiary alicyclic amines) is 1. The van der Waals surface area contributed by atoms with Gasteiger partial charge >= 0.3 is 11.9 Å². The molecule has 4 nitrogen and oxygen atoms in total. The van der Waals surface area contributed by atoms with Crippen LogP contribution < -0.4 is 0 Å². The highest BCUT2D eigenvalue weighted by molar-refractivity contribution is 6.32. The molecule has 1 unspecified atom stereocenters. The van der Waals surface area contributed by atoms with Gasteiger partial charge in [-0.1, -0.05) is 13.3 Å². The second kappa shape index (κ2) is 5.73. The number of hydrogen-bond acceptors (Lipinski definition) is 3. The van der Waals surface area contributed by atoms with Crippen LogP contribution in [0.1, 0.15) is 39.0 Å². The Labute approximate surface area is 90.6 Å². The minimum absolute atomic E-state index is 0.232. The molecule has 1 aliphatic heterocycles. The van der Waals surface area contributed by atoms with Crippen LogP contribution in [0.15, 0.2) is 0 Å². The van der Waals surface area contributed by atoms with Gasteiger partial charge in [0.2, 0.25) is 0 Å². The predicted molar refractivity (Wildman–Crippen MR) is 56.3 cm³/mol. The summed E-state index contributed by atoms with van der Waals surface area (Å²) in [5.74, 6) is -1.21. The second-order valence-electron chi connectivity index (χ2n) is 3.93. The highest BCUT2D eigenvalue weighted by atomic mass is 16.5. The first-order valence-electron chi connectivity index (χ1n) is 5.59. The molecule has 0 spiro atoms. The van der Waals surface area contributed by atoms with Crippen LogP contribution in [0.5, 0.6) is 0 Å². The van der Waals surface area contributed by atoms with Crippen LogP contribution in [0.4, 0.5) is 0 Å². The molecule has 0 bridgehead atoms. The lowest BCUT2D eigenvalue weighted by Gasteiger charge is -2.34. The van der Waals surface area contributed by atoms with Crippen molar-refractivity contribution in [2.45, 2.75) is 45.1 Å². The Kier molecular flexibility index (Phi) is 4.59. The van der Waals surface area contributed by atoms with Crippen molar-refractivity contribution in [2.75, 3.05) is 13.7 Å². The summed E-state index contributed by atoms with van der Waals surface area (Å²) in [7, 11) is 1.25. The van der Waals surface area contributed by atoms with Gasteiger partial charge in [0.05, 0.1) is 7.11 Å². The monoisotopic (exact) mass is 213 g/mol. The Hall–Kier alpha value is -1.06. The zero-order chi connectivity index (χ0) is 11.3. The Balaban J connectivity index is 2.62. The molecular formula is C11H19NO3. The summed E-state index contributed by atoms with van der Waals surface area (Å²) in [4.78, 5) is 24.5. The fraction of sp³-hybridized carbons (Fsp3) is 0.818. The third-order valence-electron chi connectivity index (χ3n) is 2.87. The van der Waals surface area contributed by atoms with Gasteiger partial charge in [-0.3, -0.25) is 4.79 Å². The minimum atomic E-state index is -0.738. The average molecular weight is 213 g/mol. The van der Waals surface area contributed by atoms with Gasteiger partial charge in [-0.2, -0.15) is 0 Å². The van der Waals surface area contributed by atoms with Gasteiger partial charge in [0.25, 0.3) is 0 Å². The topological polar surface area (TPSA) is 46.6 Å². The number of piperidine rings is 1. The van der Waals surface area contributed by atoms with E-state index in [9.17, 15) is 9.59 Å². The van der Waals surface area contributed by atoms with E-state index in [1.165, 1.54) is 7.11 Å². The van der Waals surface area contributed by atoms with E-state index in [0.717, 1.165) is 32.1 Å². The first-order chi connectivity index (χ1) is 7.20. The fourth-order valence-corrected chi connectivity index (χ4v) is 2.11. The molecule has 1 heterocycles. The lowest BCUT2D eigenvalue weighted by Crippen LogP contribution is -2.47. The summed E-state index contributed by atoms with van der Waals surface area (Å²) in [6.07, 6.45) is 5.16. The maximum Gasteiger partial charge on any atom is 0.396 e. The van der Waals surface area contributed by atoms with Gasteiger partial charge in [0.1, 0.15) is 0 Å². The number of rotatable bonds is 2. The lowest BCUT2D eigenvalue weighted by molar-refractivity contribution is -0.160. The predicted octanol–water partition coefficient (Wildman–Crippen LogP) is 1.34. The van der Waals surface area contributed by atoms with Crippen LogP contribution in [-0.2, 0) is 14.3 Å². The number of carbonyl (C=O) groups excluding carboxylic acids is 2. The quantitative estimate of drug-likeness (QED) is 0.513. The molecule has 1 amide bonds. The van der Waals surface area contributed by atoms with Gasteiger partial charge in [-0.15, -0.1) is 0 Å². The molecule has 1 aliphatic rings. The number of carbonyl (C=O) groups is 2. The smallest absolute Gasteiger partial charge is 0.396 e. The first kappa shape index (κ1) is 12.0. The highest BCUT2D eigenvalue weighted by Gasteiger charge is 2.30. The zero-order valence-corrected chi connectivity index (χ0v) is 9.49. The molecular weight excluding hydrogens is 194 g/mol. The van der Waals surface area contributed by atoms with Crippen molar-refractivity contribution in [2.24, 2.45) is 0 Å². The molecule has 0 aromatic rings. The first-order valence-corrected chi connectivity index (χ1v) is 5.59. The van der Waals surface area contributed by atoms with Crippen molar-refractivity contribution in [3.05, 3.63) is 0 Å². The number of nitrogens with zero attached hydrogens (tertiary/aromatic N) is 1. The van der Waals surface area contributed by atoms with E-state index in [0.29, 0.717) is 6.54 Å². The molecule has 15 heavy (non-hydrogen) atoms. The summed E-state index contributed by atoms with van der Waals surface area (Å²) in [5.41, 5.74) is 0. The summed E-state index contributed by atoms with van der Waals surface area (Å²) in [5, 5.41) is 0. The molecule has 86 valence electrons. The van der Waals surface area contributed by atoms with E-state index in [2.05, 4.69) is 11.7 Å². The molecule has 1 fully saturated rings. The molecule has 4 heteroatoms. The second-order valence-corrected chi connectivity index (χ2v) is 3.93. The van der Waals surface area contributed by atoms with Crippen LogP contribution in [-0.4, -0.2) is 36.5 Å². The van der Waals surface area contributed by atoms with Crippen molar-refractivity contribution >= 4 is 11.9 Å². The van der Waals surface area contributed by atoms with Gasteiger partial charge in [-0.25, -0.2) is 4.79 Å². The minimum Gasteiger partial charge on any atom is -0.462 e. The molecule has 0 N–H and O–H groups in total. The Bertz CT molecular complexity index is 238. The molecule has 1 saturated heterocycles. The van der Waals surface area contributed by atoms with E-state index in [4.69, 9.17) is 0 Å². The summed E-state index contributed by atoms with van der Waals surface area (Å²) in [6, 6.07) is 0.232. The largest absolute Gasteiger partial charge is 0.462 e. The van der Waals surface area contributed by atoms with E-state index in [1.807, 2.05) is 0 Å². The van der Waals surface area contributed by atoms with Crippen LogP contribution >= 0.6 is 0 Å². The third-order valence-corrected chi connectivity index (χ3v) is 2.87. The summed E-state index contributed by atoms with van der Waals surface area (Å²) >= 11 is 0. The van der Waals surface area contributed by atoms with Crippen LogP contribution in [0.2, 0.25) is 0 Å². The van der Waals surface area contributed by atoms with E-state index in [1.54, 1.807) is 4.90 Å². The summed E-state index contributed by atoms with van der Waals surface area (Å²) < 4.78 is 4.46. The molecule has 0 aliphatic carbocycles. The zero-order valence-electron chi connectivity index (χ0n) is 9.49. The number of methoxy groups -OCH3 is 1. The van der Waals surface area contributed by atoms with E-state index in [-0.39, 0.29) is 6.04 Å². The Morgan fingerprint density at radius 2 is 2.13 bits per heavy atom. The van der Waals surface area contributed by atoms with Crippen LogP contribution in [0, 0.1) is 0 Å². The van der Waals surface area contributed by atoms with Crippen molar-refractivity contribution in [3.8, 4) is 0 Å². The van der Waals surface area contributed by atoms with Gasteiger partial charge < -0.3 is 9.64 Å². The SMILES string of the molecule is CCCC1CCCCN1C(=O)C(=O)OC. The summed E-state index contributed by atoms with van der Waals surface area (Å²) in [6.45, 7) is 2.79. The van der Waals surface area contributed by atoms with Crippen molar-refractivity contribution in [3.63, 3.8) is 0 Å². The third kappa shape index (κ3) is 2.94. The molecule has 0 aromatic heterocycles.